The number of anilines is 1. The van der Waals surface area contributed by atoms with Crippen LogP contribution in [0.5, 0.6) is 0 Å². The molecule has 0 aromatic heterocycles. The van der Waals surface area contributed by atoms with Crippen molar-refractivity contribution in [2.45, 2.75) is 26.8 Å². The minimum Gasteiger partial charge on any atom is -0.381 e. The third-order valence-electron chi connectivity index (χ3n) is 3.12. The van der Waals surface area contributed by atoms with Crippen LogP contribution < -0.4 is 5.32 Å². The van der Waals surface area contributed by atoms with Gasteiger partial charge in [-0.1, -0.05) is 36.7 Å². The molecule has 0 unspecified atom stereocenters. The van der Waals surface area contributed by atoms with Crippen molar-refractivity contribution < 1.29 is 0 Å². The van der Waals surface area contributed by atoms with Crippen LogP contribution in [0.25, 0.3) is 0 Å². The molecule has 0 atom stereocenters. The molecule has 1 N–H and O–H groups in total. The molecule has 0 saturated carbocycles. The molecule has 0 amide bonds. The van der Waals surface area contributed by atoms with Gasteiger partial charge in [0.1, 0.15) is 0 Å². The molecule has 0 fully saturated rings. The normalized spacial score (nSPS) is 10.4. The third kappa shape index (κ3) is 3.27. The predicted octanol–water partition coefficient (Wildman–Crippen LogP) is 4.82. The van der Waals surface area contributed by atoms with E-state index in [1.54, 1.807) is 0 Å². The molecule has 0 bridgehead atoms. The topological polar surface area (TPSA) is 12.0 Å². The van der Waals surface area contributed by atoms with Crippen LogP contribution >= 0.6 is 11.6 Å². The van der Waals surface area contributed by atoms with Crippen LogP contribution in [0.4, 0.5) is 5.69 Å². The van der Waals surface area contributed by atoms with Crippen molar-refractivity contribution in [3.63, 3.8) is 0 Å². The number of nitrogens with one attached hydrogen (secondary N) is 1. The largest absolute Gasteiger partial charge is 0.381 e. The lowest BCUT2D eigenvalue weighted by Gasteiger charge is -2.10. The summed E-state index contributed by atoms with van der Waals surface area (Å²) in [5.41, 5.74) is 5.03. The number of hydrogen-bond donors (Lipinski definition) is 1. The molecule has 18 heavy (non-hydrogen) atoms. The summed E-state index contributed by atoms with van der Waals surface area (Å²) < 4.78 is 0. The summed E-state index contributed by atoms with van der Waals surface area (Å²) in [5.74, 6) is 0. The SMILES string of the molecule is CCc1cccc(NCc2ccc(Cl)cc2C)c1. The summed E-state index contributed by atoms with van der Waals surface area (Å²) in [6.07, 6.45) is 1.06. The molecule has 2 aromatic carbocycles. The highest BCUT2D eigenvalue weighted by Crippen LogP contribution is 2.17. The van der Waals surface area contributed by atoms with Gasteiger partial charge in [0.2, 0.25) is 0 Å². The van der Waals surface area contributed by atoms with Gasteiger partial charge in [-0.2, -0.15) is 0 Å². The van der Waals surface area contributed by atoms with Gasteiger partial charge >= 0.3 is 0 Å². The summed E-state index contributed by atoms with van der Waals surface area (Å²) >= 11 is 5.95. The summed E-state index contributed by atoms with van der Waals surface area (Å²) in [7, 11) is 0. The lowest BCUT2D eigenvalue weighted by Crippen LogP contribution is -2.01. The Morgan fingerprint density at radius 1 is 1.11 bits per heavy atom. The molecule has 0 heterocycles. The second-order valence-electron chi connectivity index (χ2n) is 4.48. The Morgan fingerprint density at radius 2 is 1.94 bits per heavy atom. The van der Waals surface area contributed by atoms with E-state index in [0.29, 0.717) is 0 Å². The van der Waals surface area contributed by atoms with Crippen molar-refractivity contribution in [1.82, 2.24) is 0 Å². The molecule has 0 aliphatic rings. The Kier molecular flexibility index (Phi) is 4.27. The van der Waals surface area contributed by atoms with E-state index in [1.165, 1.54) is 22.4 Å². The van der Waals surface area contributed by atoms with Crippen LogP contribution in [-0.2, 0) is 13.0 Å². The van der Waals surface area contributed by atoms with Crippen molar-refractivity contribution >= 4 is 17.3 Å². The average Bonchev–Trinajstić information content (AvgIpc) is 2.38. The molecule has 2 heteroatoms. The fraction of sp³-hybridized carbons (Fsp3) is 0.250. The summed E-state index contributed by atoms with van der Waals surface area (Å²) in [4.78, 5) is 0. The van der Waals surface area contributed by atoms with Gasteiger partial charge in [0.15, 0.2) is 0 Å². The van der Waals surface area contributed by atoms with Crippen LogP contribution in [0.15, 0.2) is 42.5 Å². The summed E-state index contributed by atoms with van der Waals surface area (Å²) in [5, 5.41) is 4.25. The number of aryl methyl sites for hydroxylation is 2. The Hall–Kier alpha value is -1.47. The molecule has 2 aromatic rings. The summed E-state index contributed by atoms with van der Waals surface area (Å²) in [6, 6.07) is 14.6. The fourth-order valence-corrected chi connectivity index (χ4v) is 2.18. The first-order valence-corrected chi connectivity index (χ1v) is 6.64. The molecular formula is C16H18ClN. The molecule has 0 aliphatic heterocycles. The number of benzene rings is 2. The maximum atomic E-state index is 5.95. The first-order valence-electron chi connectivity index (χ1n) is 6.27. The quantitative estimate of drug-likeness (QED) is 0.830. The standard InChI is InChI=1S/C16H18ClN/c1-3-13-5-4-6-16(10-13)18-11-14-7-8-15(17)9-12(14)2/h4-10,18H,3,11H2,1-2H3. The molecule has 0 spiro atoms. The van der Waals surface area contributed by atoms with E-state index in [0.717, 1.165) is 18.0 Å². The first-order chi connectivity index (χ1) is 8.69. The zero-order valence-electron chi connectivity index (χ0n) is 10.8. The predicted molar refractivity (Wildman–Crippen MR) is 79.3 cm³/mol. The van der Waals surface area contributed by atoms with Crippen LogP contribution in [0.2, 0.25) is 5.02 Å². The van der Waals surface area contributed by atoms with Crippen LogP contribution in [-0.4, -0.2) is 0 Å². The molecule has 94 valence electrons. The van der Waals surface area contributed by atoms with E-state index in [2.05, 4.69) is 49.5 Å². The van der Waals surface area contributed by atoms with Gasteiger partial charge in [0.25, 0.3) is 0 Å². The maximum Gasteiger partial charge on any atom is 0.0408 e. The molecule has 0 saturated heterocycles. The molecular weight excluding hydrogens is 242 g/mol. The van der Waals surface area contributed by atoms with Gasteiger partial charge in [-0.15, -0.1) is 0 Å². The lowest BCUT2D eigenvalue weighted by atomic mass is 10.1. The van der Waals surface area contributed by atoms with Gasteiger partial charge in [-0.25, -0.2) is 0 Å². The fourth-order valence-electron chi connectivity index (χ4n) is 1.96. The smallest absolute Gasteiger partial charge is 0.0408 e. The van der Waals surface area contributed by atoms with E-state index in [4.69, 9.17) is 11.6 Å². The minimum atomic E-state index is 0.796. The Balaban J connectivity index is 2.06. The average molecular weight is 260 g/mol. The van der Waals surface area contributed by atoms with Crippen LogP contribution in [0, 0.1) is 6.92 Å². The second-order valence-corrected chi connectivity index (χ2v) is 4.91. The van der Waals surface area contributed by atoms with Crippen LogP contribution in [0.3, 0.4) is 0 Å². The van der Waals surface area contributed by atoms with E-state index in [9.17, 15) is 0 Å². The second kappa shape index (κ2) is 5.92. The monoisotopic (exact) mass is 259 g/mol. The van der Waals surface area contributed by atoms with Crippen molar-refractivity contribution in [3.05, 3.63) is 64.2 Å². The van der Waals surface area contributed by atoms with Gasteiger partial charge in [-0.05, 0) is 54.3 Å². The van der Waals surface area contributed by atoms with Crippen molar-refractivity contribution in [2.75, 3.05) is 5.32 Å². The number of halogens is 1. The minimum absolute atomic E-state index is 0.796. The Morgan fingerprint density at radius 3 is 2.67 bits per heavy atom. The van der Waals surface area contributed by atoms with E-state index in [-0.39, 0.29) is 0 Å². The summed E-state index contributed by atoms with van der Waals surface area (Å²) in [6.45, 7) is 5.09. The van der Waals surface area contributed by atoms with Crippen molar-refractivity contribution in [2.24, 2.45) is 0 Å². The number of hydrogen-bond acceptors (Lipinski definition) is 1. The molecule has 2 rings (SSSR count). The molecule has 1 nitrogen and oxygen atoms in total. The van der Waals surface area contributed by atoms with Gasteiger partial charge in [0, 0.05) is 17.3 Å². The molecule has 0 aliphatic carbocycles. The zero-order chi connectivity index (χ0) is 13.0. The highest BCUT2D eigenvalue weighted by Gasteiger charge is 2.00. The zero-order valence-corrected chi connectivity index (χ0v) is 11.6. The lowest BCUT2D eigenvalue weighted by molar-refractivity contribution is 1.10. The third-order valence-corrected chi connectivity index (χ3v) is 3.36. The van der Waals surface area contributed by atoms with Crippen molar-refractivity contribution in [3.8, 4) is 0 Å². The molecule has 0 radical (unpaired) electrons. The van der Waals surface area contributed by atoms with Crippen molar-refractivity contribution in [1.29, 1.82) is 0 Å². The number of rotatable bonds is 4. The van der Waals surface area contributed by atoms with E-state index in [1.807, 2.05) is 12.1 Å². The Labute approximate surface area is 114 Å². The first kappa shape index (κ1) is 13.0. The van der Waals surface area contributed by atoms with E-state index < -0.39 is 0 Å². The van der Waals surface area contributed by atoms with Gasteiger partial charge in [0.05, 0.1) is 0 Å². The highest BCUT2D eigenvalue weighted by atomic mass is 35.5. The van der Waals surface area contributed by atoms with Crippen LogP contribution in [0.1, 0.15) is 23.6 Å². The maximum absolute atomic E-state index is 5.95. The Bertz CT molecular complexity index is 534. The van der Waals surface area contributed by atoms with E-state index >= 15 is 0 Å². The van der Waals surface area contributed by atoms with Gasteiger partial charge in [-0.3, -0.25) is 0 Å². The van der Waals surface area contributed by atoms with Gasteiger partial charge < -0.3 is 5.32 Å². The highest BCUT2D eigenvalue weighted by molar-refractivity contribution is 6.30.